The summed E-state index contributed by atoms with van der Waals surface area (Å²) in [7, 11) is 1.48. The second-order valence-electron chi connectivity index (χ2n) is 1.94. The van der Waals surface area contributed by atoms with Gasteiger partial charge >= 0.3 is 5.97 Å². The first-order valence-corrected chi connectivity index (χ1v) is 3.27. The second kappa shape index (κ2) is 8.48. The van der Waals surface area contributed by atoms with Gasteiger partial charge in [0, 0.05) is 18.8 Å². The van der Waals surface area contributed by atoms with E-state index in [2.05, 4.69) is 17.9 Å². The number of carbonyl (C=O) groups is 2. The van der Waals surface area contributed by atoms with Crippen molar-refractivity contribution in [1.82, 2.24) is 0 Å². The number of hydrogen-bond donors (Lipinski definition) is 2. The molecule has 0 bridgehead atoms. The molecule has 0 unspecified atom stereocenters. The lowest BCUT2D eigenvalue weighted by Gasteiger charge is -1.95. The van der Waals surface area contributed by atoms with Crippen molar-refractivity contribution in [2.75, 3.05) is 13.7 Å². The maximum atomic E-state index is 10.1. The molecular weight excluding hydrogens is 174 g/mol. The summed E-state index contributed by atoms with van der Waals surface area (Å²) in [6.07, 6.45) is 0.833. The number of carbonyl (C=O) groups excluding carboxylic acids is 1. The number of carboxylic acid groups (broad SMARTS) is 1. The Morgan fingerprint density at radius 2 is 2.00 bits per heavy atom. The Labute approximate surface area is 76.5 Å². The number of nitrogens with two attached hydrogens (primary N) is 1. The van der Waals surface area contributed by atoms with Gasteiger partial charge in [-0.15, -0.1) is 0 Å². The van der Waals surface area contributed by atoms with Crippen molar-refractivity contribution in [2.45, 2.75) is 0 Å². The highest BCUT2D eigenvalue weighted by atomic mass is 16.5. The fraction of sp³-hybridized carbons (Fsp3) is 0.250. The van der Waals surface area contributed by atoms with Crippen molar-refractivity contribution in [3.05, 3.63) is 24.8 Å². The van der Waals surface area contributed by atoms with Crippen LogP contribution in [-0.4, -0.2) is 30.7 Å². The van der Waals surface area contributed by atoms with E-state index in [0.29, 0.717) is 5.57 Å². The minimum Gasteiger partial charge on any atom is -0.478 e. The molecule has 0 aromatic carbocycles. The van der Waals surface area contributed by atoms with Crippen molar-refractivity contribution >= 4 is 11.9 Å². The van der Waals surface area contributed by atoms with Crippen molar-refractivity contribution < 1.29 is 19.4 Å². The van der Waals surface area contributed by atoms with Crippen LogP contribution in [0.15, 0.2) is 24.8 Å². The molecule has 0 rings (SSSR count). The number of hydrogen-bond acceptors (Lipinski definition) is 3. The molecule has 3 N–H and O–H groups in total. The van der Waals surface area contributed by atoms with E-state index in [1.54, 1.807) is 0 Å². The summed E-state index contributed by atoms with van der Waals surface area (Å²) >= 11 is 0. The van der Waals surface area contributed by atoms with Crippen LogP contribution in [0.4, 0.5) is 0 Å². The average Bonchev–Trinajstić information content (AvgIpc) is 2.06. The van der Waals surface area contributed by atoms with E-state index in [4.69, 9.17) is 10.8 Å². The Balaban J connectivity index is 0. The van der Waals surface area contributed by atoms with Crippen LogP contribution in [0.25, 0.3) is 0 Å². The molecule has 5 nitrogen and oxygen atoms in total. The van der Waals surface area contributed by atoms with Gasteiger partial charge in [-0.3, -0.25) is 4.79 Å². The highest BCUT2D eigenvalue weighted by Gasteiger charge is 1.97. The minimum atomic E-state index is -0.981. The van der Waals surface area contributed by atoms with E-state index in [1.165, 1.54) is 7.11 Å². The topological polar surface area (TPSA) is 89.6 Å². The molecular formula is C8H13NO4. The molecule has 0 aromatic rings. The van der Waals surface area contributed by atoms with Gasteiger partial charge in [-0.05, 0) is 0 Å². The molecule has 0 fully saturated rings. The van der Waals surface area contributed by atoms with E-state index in [1.807, 2.05) is 0 Å². The van der Waals surface area contributed by atoms with E-state index in [9.17, 15) is 9.59 Å². The molecule has 0 atom stereocenters. The van der Waals surface area contributed by atoms with Crippen LogP contribution in [0.5, 0.6) is 0 Å². The van der Waals surface area contributed by atoms with Crippen LogP contribution < -0.4 is 5.73 Å². The largest absolute Gasteiger partial charge is 0.478 e. The Bertz CT molecular complexity index is 210. The first kappa shape index (κ1) is 13.9. The zero-order chi connectivity index (χ0) is 10.9. The summed E-state index contributed by atoms with van der Waals surface area (Å²) in [5.74, 6) is -1.49. The van der Waals surface area contributed by atoms with Gasteiger partial charge in [0.2, 0.25) is 5.91 Å². The number of carboxylic acids is 1. The van der Waals surface area contributed by atoms with Crippen LogP contribution in [-0.2, 0) is 14.3 Å². The Morgan fingerprint density at radius 3 is 2.08 bits per heavy atom. The van der Waals surface area contributed by atoms with E-state index in [0.717, 1.165) is 6.08 Å². The number of methoxy groups -OCH3 is 1. The van der Waals surface area contributed by atoms with Gasteiger partial charge in [-0.1, -0.05) is 13.2 Å². The molecule has 5 heteroatoms. The van der Waals surface area contributed by atoms with Crippen molar-refractivity contribution in [1.29, 1.82) is 0 Å². The monoisotopic (exact) mass is 187 g/mol. The van der Waals surface area contributed by atoms with Gasteiger partial charge in [-0.25, -0.2) is 4.79 Å². The number of amides is 1. The van der Waals surface area contributed by atoms with Gasteiger partial charge in [0.15, 0.2) is 0 Å². The third-order valence-corrected chi connectivity index (χ3v) is 0.842. The summed E-state index contributed by atoms with van der Waals surface area (Å²) in [4.78, 5) is 19.4. The summed E-state index contributed by atoms with van der Waals surface area (Å²) in [5, 5.41) is 7.60. The van der Waals surface area contributed by atoms with E-state index >= 15 is 0 Å². The number of primary amides is 1. The van der Waals surface area contributed by atoms with Crippen molar-refractivity contribution in [2.24, 2.45) is 5.73 Å². The lowest BCUT2D eigenvalue weighted by molar-refractivity contribution is -0.131. The van der Waals surface area contributed by atoms with Gasteiger partial charge in [0.05, 0.1) is 6.61 Å². The molecule has 13 heavy (non-hydrogen) atoms. The highest BCUT2D eigenvalue weighted by molar-refractivity contribution is 5.91. The Morgan fingerprint density at radius 1 is 1.62 bits per heavy atom. The molecule has 0 spiro atoms. The van der Waals surface area contributed by atoms with Gasteiger partial charge < -0.3 is 15.6 Å². The van der Waals surface area contributed by atoms with Crippen LogP contribution in [0.1, 0.15) is 0 Å². The fourth-order valence-corrected chi connectivity index (χ4v) is 0.245. The van der Waals surface area contributed by atoms with Gasteiger partial charge in [-0.2, -0.15) is 0 Å². The van der Waals surface area contributed by atoms with Crippen molar-refractivity contribution in [3.8, 4) is 0 Å². The minimum absolute atomic E-state index is 0.218. The summed E-state index contributed by atoms with van der Waals surface area (Å²) in [5.41, 5.74) is 5.10. The maximum Gasteiger partial charge on any atom is 0.327 e. The van der Waals surface area contributed by atoms with Crippen LogP contribution in [0.3, 0.4) is 0 Å². The van der Waals surface area contributed by atoms with Gasteiger partial charge in [0.1, 0.15) is 0 Å². The molecule has 0 heterocycles. The molecule has 0 aliphatic heterocycles. The smallest absolute Gasteiger partial charge is 0.327 e. The Hall–Kier alpha value is -1.62. The molecule has 0 saturated carbocycles. The molecule has 0 saturated heterocycles. The standard InChI is InChI=1S/C5H9NO2.C3H4O2/c1-4(3-8-2)5(6)7;1-2-3(4)5/h1,3H2,2H3,(H2,6,7);2H,1H2,(H,4,5). The van der Waals surface area contributed by atoms with E-state index in [-0.39, 0.29) is 6.61 Å². The third-order valence-electron chi connectivity index (χ3n) is 0.842. The fourth-order valence-electron chi connectivity index (χ4n) is 0.245. The summed E-state index contributed by atoms with van der Waals surface area (Å²) < 4.78 is 4.56. The molecule has 0 radical (unpaired) electrons. The summed E-state index contributed by atoms with van der Waals surface area (Å²) in [6, 6.07) is 0. The summed E-state index contributed by atoms with van der Waals surface area (Å²) in [6.45, 7) is 6.52. The molecule has 0 aliphatic rings. The van der Waals surface area contributed by atoms with Crippen LogP contribution in [0.2, 0.25) is 0 Å². The van der Waals surface area contributed by atoms with Crippen LogP contribution >= 0.6 is 0 Å². The molecule has 0 aromatic heterocycles. The third kappa shape index (κ3) is 13.4. The zero-order valence-corrected chi connectivity index (χ0v) is 7.45. The van der Waals surface area contributed by atoms with Crippen LogP contribution in [0, 0.1) is 0 Å². The first-order chi connectivity index (χ1) is 5.95. The lowest BCUT2D eigenvalue weighted by Crippen LogP contribution is -2.16. The first-order valence-electron chi connectivity index (χ1n) is 3.27. The maximum absolute atomic E-state index is 10.1. The number of rotatable bonds is 4. The lowest BCUT2D eigenvalue weighted by atomic mass is 10.3. The molecule has 1 amide bonds. The Kier molecular flexibility index (Phi) is 9.09. The molecule has 74 valence electrons. The SMILES string of the molecule is C=C(COC)C(N)=O.C=CC(=O)O. The zero-order valence-electron chi connectivity index (χ0n) is 7.45. The van der Waals surface area contributed by atoms with E-state index < -0.39 is 11.9 Å². The second-order valence-corrected chi connectivity index (χ2v) is 1.94. The number of ether oxygens (including phenoxy) is 1. The predicted octanol–water partition coefficient (Wildman–Crippen LogP) is -0.0687. The van der Waals surface area contributed by atoms with Crippen molar-refractivity contribution in [3.63, 3.8) is 0 Å². The normalized spacial score (nSPS) is 7.77. The quantitative estimate of drug-likeness (QED) is 0.603. The average molecular weight is 187 g/mol. The predicted molar refractivity (Wildman–Crippen MR) is 48.0 cm³/mol. The van der Waals surface area contributed by atoms with Gasteiger partial charge in [0.25, 0.3) is 0 Å². The number of aliphatic carboxylic acids is 1. The highest BCUT2D eigenvalue weighted by Crippen LogP contribution is 1.85. The molecule has 0 aliphatic carbocycles.